The number of aromatic nitrogens is 2. The van der Waals surface area contributed by atoms with Crippen LogP contribution < -0.4 is 16.2 Å². The van der Waals surface area contributed by atoms with Gasteiger partial charge in [-0.05, 0) is 62.7 Å². The van der Waals surface area contributed by atoms with Crippen molar-refractivity contribution in [3.05, 3.63) is 91.3 Å². The average Bonchev–Trinajstić information content (AvgIpc) is 3.21. The van der Waals surface area contributed by atoms with Crippen molar-refractivity contribution in [2.24, 2.45) is 0 Å². The summed E-state index contributed by atoms with van der Waals surface area (Å²) >= 11 is 6.93. The molecule has 9 nitrogen and oxygen atoms in total. The van der Waals surface area contributed by atoms with E-state index in [1.165, 1.54) is 12.1 Å². The Morgan fingerprint density at radius 3 is 2.56 bits per heavy atom. The molecule has 11 heteroatoms. The summed E-state index contributed by atoms with van der Waals surface area (Å²) < 4.78 is 6.11. The van der Waals surface area contributed by atoms with Gasteiger partial charge in [-0.3, -0.25) is 14.4 Å². The first kappa shape index (κ1) is 25.1. The van der Waals surface area contributed by atoms with Crippen LogP contribution in [-0.4, -0.2) is 33.8 Å². The van der Waals surface area contributed by atoms with Gasteiger partial charge in [0.2, 0.25) is 0 Å². The molecule has 0 atom stereocenters. The first-order valence-electron chi connectivity index (χ1n) is 10.9. The molecule has 2 aromatic heterocycles. The molecule has 2 N–H and O–H groups in total. The SMILES string of the molecule is CCOC(=O)c1cccc(NC(=O)c2c(C(=O)Nc3ccc(Cl)cc3C)sc3nc(C)cc(=O)n23)c1. The number of esters is 1. The van der Waals surface area contributed by atoms with Gasteiger partial charge in [-0.15, -0.1) is 0 Å². The Labute approximate surface area is 214 Å². The fraction of sp³-hybridized carbons (Fsp3) is 0.160. The molecule has 0 aliphatic carbocycles. The molecule has 4 rings (SSSR count). The highest BCUT2D eigenvalue weighted by Gasteiger charge is 2.27. The van der Waals surface area contributed by atoms with Crippen molar-refractivity contribution >= 4 is 57.1 Å². The van der Waals surface area contributed by atoms with Crippen molar-refractivity contribution in [1.29, 1.82) is 0 Å². The smallest absolute Gasteiger partial charge is 0.338 e. The van der Waals surface area contributed by atoms with Gasteiger partial charge in [0.15, 0.2) is 4.96 Å². The molecule has 36 heavy (non-hydrogen) atoms. The van der Waals surface area contributed by atoms with Gasteiger partial charge in [0.1, 0.15) is 10.6 Å². The van der Waals surface area contributed by atoms with E-state index < -0.39 is 23.3 Å². The van der Waals surface area contributed by atoms with Crippen LogP contribution >= 0.6 is 22.9 Å². The molecule has 2 heterocycles. The molecule has 0 bridgehead atoms. The minimum atomic E-state index is -0.715. The van der Waals surface area contributed by atoms with Crippen LogP contribution in [0.3, 0.4) is 0 Å². The normalized spacial score (nSPS) is 10.8. The van der Waals surface area contributed by atoms with Crippen molar-refractivity contribution in [2.45, 2.75) is 20.8 Å². The number of hydrogen-bond acceptors (Lipinski definition) is 7. The van der Waals surface area contributed by atoms with E-state index in [1.54, 1.807) is 57.2 Å². The van der Waals surface area contributed by atoms with Crippen molar-refractivity contribution in [2.75, 3.05) is 17.2 Å². The number of nitrogens with zero attached hydrogens (tertiary/aromatic N) is 2. The predicted octanol–water partition coefficient (Wildman–Crippen LogP) is 4.71. The van der Waals surface area contributed by atoms with Gasteiger partial charge in [-0.1, -0.05) is 29.0 Å². The maximum atomic E-state index is 13.4. The molecule has 4 aromatic rings. The third-order valence-electron chi connectivity index (χ3n) is 5.14. The maximum absolute atomic E-state index is 13.4. The van der Waals surface area contributed by atoms with Crippen molar-refractivity contribution in [3.63, 3.8) is 0 Å². The summed E-state index contributed by atoms with van der Waals surface area (Å²) in [6, 6.07) is 12.4. The molecule has 0 saturated heterocycles. The fourth-order valence-corrected chi connectivity index (χ4v) is 4.82. The summed E-state index contributed by atoms with van der Waals surface area (Å²) in [6.45, 7) is 5.33. The fourth-order valence-electron chi connectivity index (χ4n) is 3.52. The number of carbonyl (C=O) groups excluding carboxylic acids is 3. The molecule has 0 aliphatic rings. The van der Waals surface area contributed by atoms with Gasteiger partial charge in [0, 0.05) is 28.2 Å². The number of hydrogen-bond donors (Lipinski definition) is 2. The van der Waals surface area contributed by atoms with E-state index in [0.29, 0.717) is 16.4 Å². The molecule has 2 aromatic carbocycles. The highest BCUT2D eigenvalue weighted by Crippen LogP contribution is 2.26. The number of carbonyl (C=O) groups is 3. The topological polar surface area (TPSA) is 119 Å². The summed E-state index contributed by atoms with van der Waals surface area (Å²) in [7, 11) is 0. The van der Waals surface area contributed by atoms with Crippen molar-refractivity contribution in [1.82, 2.24) is 9.38 Å². The largest absolute Gasteiger partial charge is 0.462 e. The van der Waals surface area contributed by atoms with Gasteiger partial charge in [-0.25, -0.2) is 14.2 Å². The van der Waals surface area contributed by atoms with Crippen LogP contribution in [0.1, 0.15) is 48.7 Å². The average molecular weight is 525 g/mol. The van der Waals surface area contributed by atoms with Crippen LogP contribution in [0.4, 0.5) is 11.4 Å². The van der Waals surface area contributed by atoms with E-state index in [4.69, 9.17) is 16.3 Å². The Balaban J connectivity index is 1.75. The summed E-state index contributed by atoms with van der Waals surface area (Å²) in [5, 5.41) is 5.96. The van der Waals surface area contributed by atoms with E-state index in [9.17, 15) is 19.2 Å². The number of anilines is 2. The van der Waals surface area contributed by atoms with Crippen molar-refractivity contribution in [3.8, 4) is 0 Å². The van der Waals surface area contributed by atoms with E-state index in [-0.39, 0.29) is 33.4 Å². The van der Waals surface area contributed by atoms with Crippen LogP contribution in [-0.2, 0) is 4.74 Å². The minimum absolute atomic E-state index is 0.00130. The monoisotopic (exact) mass is 524 g/mol. The number of ether oxygens (including phenoxy) is 1. The third kappa shape index (κ3) is 5.14. The molecular weight excluding hydrogens is 504 g/mol. The highest BCUT2D eigenvalue weighted by atomic mass is 35.5. The van der Waals surface area contributed by atoms with Crippen LogP contribution in [0, 0.1) is 13.8 Å². The zero-order valence-corrected chi connectivity index (χ0v) is 21.1. The number of nitrogens with one attached hydrogen (secondary N) is 2. The lowest BCUT2D eigenvalue weighted by molar-refractivity contribution is 0.0526. The second-order valence-electron chi connectivity index (χ2n) is 7.80. The third-order valence-corrected chi connectivity index (χ3v) is 6.41. The Morgan fingerprint density at radius 1 is 1.06 bits per heavy atom. The first-order valence-corrected chi connectivity index (χ1v) is 12.1. The standard InChI is InChI=1S/C25H21ClN4O5S/c1-4-35-24(34)15-6-5-7-17(12-15)28-22(32)20-21(36-25-27-14(3)11-19(31)30(20)25)23(33)29-18-9-8-16(26)10-13(18)2/h5-12H,4H2,1-3H3,(H,28,32)(H,29,33). The van der Waals surface area contributed by atoms with E-state index in [2.05, 4.69) is 15.6 Å². The van der Waals surface area contributed by atoms with E-state index >= 15 is 0 Å². The van der Waals surface area contributed by atoms with Crippen LogP contribution in [0.5, 0.6) is 0 Å². The molecule has 0 unspecified atom stereocenters. The van der Waals surface area contributed by atoms with Crippen molar-refractivity contribution < 1.29 is 19.1 Å². The lowest BCUT2D eigenvalue weighted by atomic mass is 10.2. The van der Waals surface area contributed by atoms with Crippen LogP contribution in [0.25, 0.3) is 4.96 Å². The highest BCUT2D eigenvalue weighted by molar-refractivity contribution is 7.19. The number of benzene rings is 2. The summed E-state index contributed by atoms with van der Waals surface area (Å²) in [5.74, 6) is -1.84. The lowest BCUT2D eigenvalue weighted by Gasteiger charge is -2.10. The zero-order chi connectivity index (χ0) is 26.0. The number of fused-ring (bicyclic) bond motifs is 1. The minimum Gasteiger partial charge on any atom is -0.462 e. The van der Waals surface area contributed by atoms with Gasteiger partial charge >= 0.3 is 5.97 Å². The zero-order valence-electron chi connectivity index (χ0n) is 19.5. The number of halogens is 1. The molecule has 0 fully saturated rings. The van der Waals surface area contributed by atoms with Crippen LogP contribution in [0.15, 0.2) is 53.3 Å². The first-order chi connectivity index (χ1) is 17.2. The molecule has 0 radical (unpaired) electrons. The van der Waals surface area contributed by atoms with Gasteiger partial charge in [0.25, 0.3) is 17.4 Å². The van der Waals surface area contributed by atoms with E-state index in [0.717, 1.165) is 21.3 Å². The Kier molecular flexibility index (Phi) is 7.18. The molecule has 0 saturated carbocycles. The summed E-state index contributed by atoms with van der Waals surface area (Å²) in [4.78, 5) is 56.1. The summed E-state index contributed by atoms with van der Waals surface area (Å²) in [5.41, 5.74) is 1.56. The van der Waals surface area contributed by atoms with Gasteiger partial charge < -0.3 is 15.4 Å². The number of rotatable bonds is 6. The number of thiazole rings is 1. The Hall–Kier alpha value is -4.02. The van der Waals surface area contributed by atoms with E-state index in [1.807, 2.05) is 0 Å². The quantitative estimate of drug-likeness (QED) is 0.353. The predicted molar refractivity (Wildman–Crippen MR) is 139 cm³/mol. The Bertz CT molecular complexity index is 1580. The lowest BCUT2D eigenvalue weighted by Crippen LogP contribution is -2.25. The molecule has 0 spiro atoms. The second kappa shape index (κ2) is 10.3. The van der Waals surface area contributed by atoms with Gasteiger partial charge in [-0.2, -0.15) is 0 Å². The number of amides is 2. The molecule has 184 valence electrons. The molecular formula is C25H21ClN4O5S. The van der Waals surface area contributed by atoms with Crippen LogP contribution in [0.2, 0.25) is 5.02 Å². The maximum Gasteiger partial charge on any atom is 0.338 e. The number of aryl methyl sites for hydroxylation is 2. The molecule has 2 amide bonds. The molecule has 0 aliphatic heterocycles. The van der Waals surface area contributed by atoms with Gasteiger partial charge in [0.05, 0.1) is 12.2 Å². The second-order valence-corrected chi connectivity index (χ2v) is 9.22. The Morgan fingerprint density at radius 2 is 1.83 bits per heavy atom. The summed E-state index contributed by atoms with van der Waals surface area (Å²) in [6.07, 6.45) is 0.